The molecule has 0 unspecified atom stereocenters. The van der Waals surface area contributed by atoms with Gasteiger partial charge in [0.05, 0.1) is 0 Å². The lowest BCUT2D eigenvalue weighted by Gasteiger charge is -2.26. The average molecular weight is 576 g/mol. The zero-order valence-corrected chi connectivity index (χ0v) is 28.0. The number of H-pyrrole nitrogens is 1. The Balaban J connectivity index is 2.91. The van der Waals surface area contributed by atoms with Gasteiger partial charge in [-0.25, -0.2) is 4.79 Å². The van der Waals surface area contributed by atoms with Gasteiger partial charge in [0.1, 0.15) is 0 Å². The van der Waals surface area contributed by atoms with E-state index in [-0.39, 0.29) is 5.69 Å². The fourth-order valence-corrected chi connectivity index (χ4v) is 5.62. The normalized spacial score (nSPS) is 11.3. The molecule has 1 heterocycles. The molecule has 1 N–H and O–H groups in total. The van der Waals surface area contributed by atoms with Gasteiger partial charge < -0.3 is 9.80 Å². The number of hydrogen-bond donors (Lipinski definition) is 1. The maximum atomic E-state index is 12.9. The lowest BCUT2D eigenvalue weighted by molar-refractivity contribution is 0.563. The summed E-state index contributed by atoms with van der Waals surface area (Å²) in [6, 6.07) is 0. The topological polar surface area (TPSA) is 65.1 Å². The standard InChI is InChI=1S/C35H69N5O/c1-5-9-13-17-21-25-29-39(30-26-22-18-14-10-6-2)33-36-34(38-35(41)37-33)40(31-27-23-19-15-11-7-3)32-28-24-20-16-12-8-4/h5-32H2,1-4H3,(H,36,37,38,41). The molecule has 0 bridgehead atoms. The second kappa shape index (κ2) is 27.3. The SMILES string of the molecule is CCCCCCCCN(CCCCCCCC)c1nc(N(CCCCCCCC)CCCCCCCC)[nH]c(=O)n1. The lowest BCUT2D eigenvalue weighted by Crippen LogP contribution is -2.34. The Bertz CT molecular complexity index is 663. The van der Waals surface area contributed by atoms with E-state index in [2.05, 4.69) is 47.5 Å². The molecule has 0 aliphatic heterocycles. The van der Waals surface area contributed by atoms with Crippen molar-refractivity contribution in [3.63, 3.8) is 0 Å². The van der Waals surface area contributed by atoms with Crippen molar-refractivity contribution < 1.29 is 0 Å². The van der Waals surface area contributed by atoms with Gasteiger partial charge in [-0.05, 0) is 25.7 Å². The molecule has 0 amide bonds. The quantitative estimate of drug-likeness (QED) is 0.0924. The largest absolute Gasteiger partial charge is 0.351 e. The van der Waals surface area contributed by atoms with E-state index in [1.807, 2.05) is 0 Å². The summed E-state index contributed by atoms with van der Waals surface area (Å²) in [5.41, 5.74) is -0.253. The number of aromatic nitrogens is 3. The van der Waals surface area contributed by atoms with Crippen LogP contribution in [0.3, 0.4) is 0 Å². The van der Waals surface area contributed by atoms with Crippen molar-refractivity contribution in [2.24, 2.45) is 0 Å². The van der Waals surface area contributed by atoms with Gasteiger partial charge >= 0.3 is 5.69 Å². The van der Waals surface area contributed by atoms with Gasteiger partial charge in [0.2, 0.25) is 11.9 Å². The molecule has 0 aliphatic rings. The van der Waals surface area contributed by atoms with Gasteiger partial charge in [0.25, 0.3) is 0 Å². The molecule has 0 radical (unpaired) electrons. The first-order chi connectivity index (χ1) is 20.2. The first kappa shape index (κ1) is 37.4. The zero-order valence-electron chi connectivity index (χ0n) is 28.0. The number of aromatic amines is 1. The summed E-state index contributed by atoms with van der Waals surface area (Å²) in [5, 5.41) is 0. The second-order valence-electron chi connectivity index (χ2n) is 12.3. The van der Waals surface area contributed by atoms with Gasteiger partial charge in [-0.15, -0.1) is 0 Å². The summed E-state index contributed by atoms with van der Waals surface area (Å²) in [6.07, 6.45) is 30.5. The Labute approximate surface area is 254 Å². The molecular formula is C35H69N5O. The lowest BCUT2D eigenvalue weighted by atomic mass is 10.1. The Kier molecular flexibility index (Phi) is 24.9. The predicted molar refractivity (Wildman–Crippen MR) is 181 cm³/mol. The number of anilines is 2. The number of rotatable bonds is 30. The van der Waals surface area contributed by atoms with E-state index in [0.717, 1.165) is 57.8 Å². The number of nitrogens with zero attached hydrogens (tertiary/aromatic N) is 4. The van der Waals surface area contributed by atoms with Crippen LogP contribution in [0.5, 0.6) is 0 Å². The molecule has 0 spiro atoms. The maximum absolute atomic E-state index is 12.9. The van der Waals surface area contributed by atoms with Crippen LogP contribution >= 0.6 is 0 Å². The van der Waals surface area contributed by atoms with Crippen molar-refractivity contribution in [3.8, 4) is 0 Å². The first-order valence-electron chi connectivity index (χ1n) is 18.1. The van der Waals surface area contributed by atoms with E-state index in [1.165, 1.54) is 128 Å². The van der Waals surface area contributed by atoms with Crippen molar-refractivity contribution in [2.45, 2.75) is 182 Å². The first-order valence-corrected chi connectivity index (χ1v) is 18.1. The summed E-state index contributed by atoms with van der Waals surface area (Å²) in [7, 11) is 0. The summed E-state index contributed by atoms with van der Waals surface area (Å²) in [6.45, 7) is 12.9. The van der Waals surface area contributed by atoms with Crippen LogP contribution in [0.2, 0.25) is 0 Å². The highest BCUT2D eigenvalue weighted by Gasteiger charge is 2.16. The van der Waals surface area contributed by atoms with Crippen molar-refractivity contribution in [2.75, 3.05) is 36.0 Å². The molecule has 0 saturated heterocycles. The van der Waals surface area contributed by atoms with Gasteiger partial charge in [-0.2, -0.15) is 9.97 Å². The molecule has 0 aliphatic carbocycles. The van der Waals surface area contributed by atoms with Gasteiger partial charge in [-0.3, -0.25) is 4.98 Å². The van der Waals surface area contributed by atoms with Crippen LogP contribution in [-0.2, 0) is 0 Å². The summed E-state index contributed by atoms with van der Waals surface area (Å²) < 4.78 is 0. The minimum Gasteiger partial charge on any atom is -0.342 e. The Morgan fingerprint density at radius 2 is 0.756 bits per heavy atom. The highest BCUT2D eigenvalue weighted by Crippen LogP contribution is 2.17. The summed E-state index contributed by atoms with van der Waals surface area (Å²) in [5.74, 6) is 1.37. The molecule has 1 aromatic heterocycles. The highest BCUT2D eigenvalue weighted by atomic mass is 16.1. The average Bonchev–Trinajstić information content (AvgIpc) is 2.97. The van der Waals surface area contributed by atoms with E-state index >= 15 is 0 Å². The minimum absolute atomic E-state index is 0.253. The predicted octanol–water partition coefficient (Wildman–Crippen LogP) is 10.2. The van der Waals surface area contributed by atoms with Crippen LogP contribution in [0.15, 0.2) is 4.79 Å². The van der Waals surface area contributed by atoms with Crippen LogP contribution in [0.1, 0.15) is 182 Å². The van der Waals surface area contributed by atoms with Crippen LogP contribution in [0.25, 0.3) is 0 Å². The molecule has 1 rings (SSSR count). The molecular weight excluding hydrogens is 506 g/mol. The summed E-state index contributed by atoms with van der Waals surface area (Å²) in [4.78, 5) is 30.0. The van der Waals surface area contributed by atoms with Gasteiger partial charge in [0, 0.05) is 26.2 Å². The molecule has 240 valence electrons. The summed E-state index contributed by atoms with van der Waals surface area (Å²) >= 11 is 0. The minimum atomic E-state index is -0.253. The molecule has 0 saturated carbocycles. The maximum Gasteiger partial charge on any atom is 0.351 e. The Hall–Kier alpha value is -1.59. The van der Waals surface area contributed by atoms with Crippen LogP contribution < -0.4 is 15.5 Å². The molecule has 6 heteroatoms. The van der Waals surface area contributed by atoms with E-state index in [9.17, 15) is 4.79 Å². The molecule has 41 heavy (non-hydrogen) atoms. The van der Waals surface area contributed by atoms with Crippen molar-refractivity contribution in [1.29, 1.82) is 0 Å². The third kappa shape index (κ3) is 20.0. The molecule has 0 aromatic carbocycles. The zero-order chi connectivity index (χ0) is 29.8. The third-order valence-electron chi connectivity index (χ3n) is 8.33. The highest BCUT2D eigenvalue weighted by molar-refractivity contribution is 5.37. The smallest absolute Gasteiger partial charge is 0.342 e. The number of unbranched alkanes of at least 4 members (excludes halogenated alkanes) is 20. The van der Waals surface area contributed by atoms with Crippen molar-refractivity contribution in [3.05, 3.63) is 10.5 Å². The van der Waals surface area contributed by atoms with Crippen LogP contribution in [0.4, 0.5) is 11.9 Å². The Morgan fingerprint density at radius 1 is 0.439 bits per heavy atom. The third-order valence-corrected chi connectivity index (χ3v) is 8.33. The fraction of sp³-hybridized carbons (Fsp3) is 0.914. The monoisotopic (exact) mass is 576 g/mol. The van der Waals surface area contributed by atoms with Crippen molar-refractivity contribution in [1.82, 2.24) is 15.0 Å². The van der Waals surface area contributed by atoms with E-state index in [4.69, 9.17) is 4.98 Å². The molecule has 0 atom stereocenters. The van der Waals surface area contributed by atoms with E-state index < -0.39 is 0 Å². The molecule has 0 fully saturated rings. The second-order valence-corrected chi connectivity index (χ2v) is 12.3. The van der Waals surface area contributed by atoms with Gasteiger partial charge in [0.15, 0.2) is 0 Å². The van der Waals surface area contributed by atoms with E-state index in [0.29, 0.717) is 5.95 Å². The Morgan fingerprint density at radius 3 is 1.12 bits per heavy atom. The fourth-order valence-electron chi connectivity index (χ4n) is 5.62. The molecule has 1 aromatic rings. The van der Waals surface area contributed by atoms with Gasteiger partial charge in [-0.1, -0.05) is 156 Å². The number of nitrogens with one attached hydrogen (secondary N) is 1. The van der Waals surface area contributed by atoms with Crippen LogP contribution in [-0.4, -0.2) is 41.1 Å². The molecule has 6 nitrogen and oxygen atoms in total. The number of hydrogen-bond acceptors (Lipinski definition) is 5. The van der Waals surface area contributed by atoms with Crippen molar-refractivity contribution >= 4 is 11.9 Å². The van der Waals surface area contributed by atoms with Crippen LogP contribution in [0, 0.1) is 0 Å². The van der Waals surface area contributed by atoms with E-state index in [1.54, 1.807) is 0 Å².